The molecule has 0 saturated carbocycles. The number of rotatable bonds is 5. The lowest BCUT2D eigenvalue weighted by atomic mass is 10.2. The second kappa shape index (κ2) is 6.61. The van der Waals surface area contributed by atoms with E-state index in [-0.39, 0.29) is 17.7 Å². The van der Waals surface area contributed by atoms with Gasteiger partial charge in [0.1, 0.15) is 5.75 Å². The number of amides is 1. The van der Waals surface area contributed by atoms with E-state index < -0.39 is 0 Å². The van der Waals surface area contributed by atoms with Gasteiger partial charge in [0.05, 0.1) is 6.04 Å². The molecule has 0 radical (unpaired) electrons. The molecular weight excluding hydrogens is 252 g/mol. The van der Waals surface area contributed by atoms with Crippen molar-refractivity contribution in [3.8, 4) is 5.75 Å². The predicted octanol–water partition coefficient (Wildman–Crippen LogP) is 2.00. The number of aromatic hydroxyl groups is 1. The molecule has 0 aliphatic carbocycles. The van der Waals surface area contributed by atoms with Crippen LogP contribution in [0, 0.1) is 0 Å². The molecule has 5 heteroatoms. The lowest BCUT2D eigenvalue weighted by Crippen LogP contribution is -2.42. The number of phenolic OH excluding ortho intramolecular Hbond substituents is 1. The second-order valence-corrected chi connectivity index (χ2v) is 4.66. The second-order valence-electron chi connectivity index (χ2n) is 4.23. The number of likely N-dealkylation sites (N-methyl/N-ethyl adjacent to an activating group) is 1. The van der Waals surface area contributed by atoms with Crippen LogP contribution in [0.2, 0.25) is 5.02 Å². The minimum atomic E-state index is -0.298. The number of nitrogens with zero attached hydrogens (tertiary/aromatic N) is 1. The van der Waals surface area contributed by atoms with Crippen LogP contribution in [0.25, 0.3) is 0 Å². The average molecular weight is 271 g/mol. The van der Waals surface area contributed by atoms with Crippen LogP contribution in [0.15, 0.2) is 18.2 Å². The summed E-state index contributed by atoms with van der Waals surface area (Å²) >= 11 is 5.85. The van der Waals surface area contributed by atoms with Gasteiger partial charge in [0.25, 0.3) is 0 Å². The summed E-state index contributed by atoms with van der Waals surface area (Å²) in [7, 11) is 1.76. The van der Waals surface area contributed by atoms with Crippen molar-refractivity contribution in [2.24, 2.45) is 0 Å². The number of halogens is 1. The fraction of sp³-hybridized carbons (Fsp3) is 0.462. The van der Waals surface area contributed by atoms with Crippen molar-refractivity contribution in [2.45, 2.75) is 26.4 Å². The van der Waals surface area contributed by atoms with Crippen LogP contribution in [-0.2, 0) is 11.3 Å². The standard InChI is InChI=1S/C13H19ClN2O2/c1-4-16(3)13(18)9(2)15-8-10-7-11(14)5-6-12(10)17/h5-7,9,15,17H,4,8H2,1-3H3. The Morgan fingerprint density at radius 2 is 2.22 bits per heavy atom. The van der Waals surface area contributed by atoms with Crippen LogP contribution in [0.4, 0.5) is 0 Å². The largest absolute Gasteiger partial charge is 0.508 e. The Balaban J connectivity index is 2.59. The van der Waals surface area contributed by atoms with Crippen molar-refractivity contribution >= 4 is 17.5 Å². The van der Waals surface area contributed by atoms with Crippen LogP contribution in [-0.4, -0.2) is 35.5 Å². The van der Waals surface area contributed by atoms with Gasteiger partial charge in [-0.1, -0.05) is 11.6 Å². The van der Waals surface area contributed by atoms with Gasteiger partial charge in [-0.25, -0.2) is 0 Å². The molecule has 0 fully saturated rings. The van der Waals surface area contributed by atoms with Crippen molar-refractivity contribution in [3.05, 3.63) is 28.8 Å². The Morgan fingerprint density at radius 1 is 1.56 bits per heavy atom. The zero-order valence-electron chi connectivity index (χ0n) is 10.9. The molecule has 100 valence electrons. The lowest BCUT2D eigenvalue weighted by Gasteiger charge is -2.20. The third-order valence-electron chi connectivity index (χ3n) is 2.86. The molecular formula is C13H19ClN2O2. The number of hydrogen-bond acceptors (Lipinski definition) is 3. The van der Waals surface area contributed by atoms with Crippen molar-refractivity contribution in [3.63, 3.8) is 0 Å². The maximum atomic E-state index is 11.8. The number of phenols is 1. The average Bonchev–Trinajstić information content (AvgIpc) is 2.37. The van der Waals surface area contributed by atoms with Gasteiger partial charge in [0.2, 0.25) is 5.91 Å². The third-order valence-corrected chi connectivity index (χ3v) is 3.10. The van der Waals surface area contributed by atoms with E-state index in [9.17, 15) is 9.90 Å². The van der Waals surface area contributed by atoms with Crippen molar-refractivity contribution in [1.29, 1.82) is 0 Å². The van der Waals surface area contributed by atoms with Gasteiger partial charge in [-0.2, -0.15) is 0 Å². The molecule has 0 aromatic heterocycles. The first-order valence-electron chi connectivity index (χ1n) is 5.91. The van der Waals surface area contributed by atoms with Crippen LogP contribution < -0.4 is 5.32 Å². The highest BCUT2D eigenvalue weighted by atomic mass is 35.5. The number of nitrogens with one attached hydrogen (secondary N) is 1. The molecule has 0 aliphatic rings. The Morgan fingerprint density at radius 3 is 2.83 bits per heavy atom. The fourth-order valence-electron chi connectivity index (χ4n) is 1.53. The molecule has 0 heterocycles. The predicted molar refractivity (Wildman–Crippen MR) is 72.7 cm³/mol. The molecule has 18 heavy (non-hydrogen) atoms. The summed E-state index contributed by atoms with van der Waals surface area (Å²) in [4.78, 5) is 13.5. The summed E-state index contributed by atoms with van der Waals surface area (Å²) in [6.45, 7) is 4.80. The lowest BCUT2D eigenvalue weighted by molar-refractivity contribution is -0.131. The summed E-state index contributed by atoms with van der Waals surface area (Å²) < 4.78 is 0. The molecule has 1 rings (SSSR count). The van der Waals surface area contributed by atoms with Crippen molar-refractivity contribution in [2.75, 3.05) is 13.6 Å². The van der Waals surface area contributed by atoms with E-state index >= 15 is 0 Å². The smallest absolute Gasteiger partial charge is 0.239 e. The van der Waals surface area contributed by atoms with Crippen LogP contribution in [0.5, 0.6) is 5.75 Å². The molecule has 1 aromatic carbocycles. The van der Waals surface area contributed by atoms with Gasteiger partial charge < -0.3 is 15.3 Å². The maximum absolute atomic E-state index is 11.8. The summed E-state index contributed by atoms with van der Waals surface area (Å²) in [6, 6.07) is 4.56. The molecule has 0 aliphatic heterocycles. The molecule has 1 aromatic rings. The van der Waals surface area contributed by atoms with Crippen molar-refractivity contribution in [1.82, 2.24) is 10.2 Å². The first-order valence-corrected chi connectivity index (χ1v) is 6.29. The summed E-state index contributed by atoms with van der Waals surface area (Å²) in [5, 5.41) is 13.3. The Kier molecular flexibility index (Phi) is 5.44. The topological polar surface area (TPSA) is 52.6 Å². The quantitative estimate of drug-likeness (QED) is 0.861. The zero-order valence-corrected chi connectivity index (χ0v) is 11.7. The number of carbonyl (C=O) groups excluding carboxylic acids is 1. The van der Waals surface area contributed by atoms with Crippen LogP contribution in [0.3, 0.4) is 0 Å². The molecule has 0 spiro atoms. The molecule has 0 saturated heterocycles. The van der Waals surface area contributed by atoms with Crippen LogP contribution in [0.1, 0.15) is 19.4 Å². The summed E-state index contributed by atoms with van der Waals surface area (Å²) in [5.74, 6) is 0.203. The van der Waals surface area contributed by atoms with E-state index in [4.69, 9.17) is 11.6 Å². The highest BCUT2D eigenvalue weighted by Crippen LogP contribution is 2.21. The van der Waals surface area contributed by atoms with E-state index in [0.717, 1.165) is 0 Å². The molecule has 2 N–H and O–H groups in total. The normalized spacial score (nSPS) is 12.2. The minimum absolute atomic E-state index is 0.0269. The maximum Gasteiger partial charge on any atom is 0.239 e. The summed E-state index contributed by atoms with van der Waals surface area (Å²) in [5.41, 5.74) is 0.682. The van der Waals surface area contributed by atoms with E-state index in [0.29, 0.717) is 23.7 Å². The summed E-state index contributed by atoms with van der Waals surface area (Å²) in [6.07, 6.45) is 0. The number of hydrogen-bond donors (Lipinski definition) is 2. The van der Waals surface area contributed by atoms with Crippen LogP contribution >= 0.6 is 11.6 Å². The molecule has 1 unspecified atom stereocenters. The van der Waals surface area contributed by atoms with Gasteiger partial charge in [0, 0.05) is 30.7 Å². The Hall–Kier alpha value is -1.26. The first-order chi connectivity index (χ1) is 8.45. The van der Waals surface area contributed by atoms with E-state index in [1.807, 2.05) is 6.92 Å². The fourth-order valence-corrected chi connectivity index (χ4v) is 1.73. The van der Waals surface area contributed by atoms with E-state index in [1.165, 1.54) is 0 Å². The third kappa shape index (κ3) is 3.89. The number of carbonyl (C=O) groups is 1. The SMILES string of the molecule is CCN(C)C(=O)C(C)NCc1cc(Cl)ccc1O. The van der Waals surface area contributed by atoms with Gasteiger partial charge in [-0.3, -0.25) is 4.79 Å². The molecule has 0 bridgehead atoms. The van der Waals surface area contributed by atoms with Gasteiger partial charge in [-0.05, 0) is 32.0 Å². The Bertz CT molecular complexity index is 423. The molecule has 4 nitrogen and oxygen atoms in total. The highest BCUT2D eigenvalue weighted by molar-refractivity contribution is 6.30. The minimum Gasteiger partial charge on any atom is -0.508 e. The van der Waals surface area contributed by atoms with Gasteiger partial charge in [-0.15, -0.1) is 0 Å². The van der Waals surface area contributed by atoms with E-state index in [2.05, 4.69) is 5.32 Å². The molecule has 1 atom stereocenters. The number of benzene rings is 1. The molecule has 1 amide bonds. The van der Waals surface area contributed by atoms with Gasteiger partial charge >= 0.3 is 0 Å². The van der Waals surface area contributed by atoms with Gasteiger partial charge in [0.15, 0.2) is 0 Å². The van der Waals surface area contributed by atoms with Crippen molar-refractivity contribution < 1.29 is 9.90 Å². The van der Waals surface area contributed by atoms with E-state index in [1.54, 1.807) is 37.1 Å². The monoisotopic (exact) mass is 270 g/mol. The zero-order chi connectivity index (χ0) is 13.7. The first kappa shape index (κ1) is 14.8. The Labute approximate surface area is 113 Å². The highest BCUT2D eigenvalue weighted by Gasteiger charge is 2.16.